The van der Waals surface area contributed by atoms with Crippen molar-refractivity contribution in [3.8, 4) is 5.75 Å². The molecule has 2 N–H and O–H groups in total. The number of hydrogen-bond donors (Lipinski definition) is 2. The van der Waals surface area contributed by atoms with E-state index in [0.717, 1.165) is 24.4 Å². The van der Waals surface area contributed by atoms with Crippen LogP contribution in [-0.2, 0) is 10.3 Å². The zero-order chi connectivity index (χ0) is 12.9. The number of hydrogen-bond acceptors (Lipinski definition) is 4. The summed E-state index contributed by atoms with van der Waals surface area (Å²) in [6.07, 6.45) is 3.16. The SMILES string of the molecule is OC1C=C2Oc3ccccc3C3(COCN3)C2CC1. The lowest BCUT2D eigenvalue weighted by molar-refractivity contribution is 0.0988. The highest BCUT2D eigenvalue weighted by molar-refractivity contribution is 5.46. The van der Waals surface area contributed by atoms with Crippen LogP contribution >= 0.6 is 0 Å². The van der Waals surface area contributed by atoms with Gasteiger partial charge in [-0.25, -0.2) is 0 Å². The lowest BCUT2D eigenvalue weighted by Crippen LogP contribution is -2.51. The average Bonchev–Trinajstić information content (AvgIpc) is 2.89. The van der Waals surface area contributed by atoms with Gasteiger partial charge in [0.1, 0.15) is 11.5 Å². The Hall–Kier alpha value is -1.36. The predicted octanol–water partition coefficient (Wildman–Crippen LogP) is 1.51. The minimum Gasteiger partial charge on any atom is -0.461 e. The van der Waals surface area contributed by atoms with Crippen molar-refractivity contribution in [2.45, 2.75) is 24.5 Å². The molecular formula is C15H17NO3. The van der Waals surface area contributed by atoms with E-state index in [4.69, 9.17) is 9.47 Å². The topological polar surface area (TPSA) is 50.7 Å². The zero-order valence-corrected chi connectivity index (χ0v) is 10.6. The van der Waals surface area contributed by atoms with E-state index < -0.39 is 6.10 Å². The molecule has 3 atom stereocenters. The van der Waals surface area contributed by atoms with E-state index in [2.05, 4.69) is 11.4 Å². The molecule has 4 nitrogen and oxygen atoms in total. The summed E-state index contributed by atoms with van der Waals surface area (Å²) in [5.41, 5.74) is 0.979. The maximum Gasteiger partial charge on any atom is 0.132 e. The van der Waals surface area contributed by atoms with E-state index >= 15 is 0 Å². The number of nitrogens with one attached hydrogen (secondary N) is 1. The Morgan fingerprint density at radius 2 is 2.16 bits per heavy atom. The first-order valence-electron chi connectivity index (χ1n) is 6.79. The molecule has 3 unspecified atom stereocenters. The Balaban J connectivity index is 1.89. The Bertz CT molecular complexity index is 534. The Labute approximate surface area is 112 Å². The molecule has 0 radical (unpaired) electrons. The number of aliphatic hydroxyl groups is 1. The number of benzene rings is 1. The number of para-hydroxylation sites is 1. The van der Waals surface area contributed by atoms with Crippen LogP contribution < -0.4 is 10.1 Å². The van der Waals surface area contributed by atoms with Gasteiger partial charge >= 0.3 is 0 Å². The van der Waals surface area contributed by atoms with Gasteiger partial charge in [0, 0.05) is 11.5 Å². The average molecular weight is 259 g/mol. The van der Waals surface area contributed by atoms with Crippen molar-refractivity contribution in [1.29, 1.82) is 0 Å². The summed E-state index contributed by atoms with van der Waals surface area (Å²) in [6.45, 7) is 1.23. The van der Waals surface area contributed by atoms with E-state index in [1.807, 2.05) is 24.3 Å². The summed E-state index contributed by atoms with van der Waals surface area (Å²) >= 11 is 0. The van der Waals surface area contributed by atoms with E-state index in [9.17, 15) is 5.11 Å². The fourth-order valence-electron chi connectivity index (χ4n) is 3.54. The molecule has 2 heterocycles. The summed E-state index contributed by atoms with van der Waals surface area (Å²) in [5.74, 6) is 2.00. The van der Waals surface area contributed by atoms with Crippen molar-refractivity contribution in [3.05, 3.63) is 41.7 Å². The Morgan fingerprint density at radius 3 is 3.00 bits per heavy atom. The molecule has 2 aliphatic heterocycles. The first-order chi connectivity index (χ1) is 9.29. The molecule has 0 saturated carbocycles. The Kier molecular flexibility index (Phi) is 2.45. The molecule has 0 bridgehead atoms. The van der Waals surface area contributed by atoms with Crippen molar-refractivity contribution < 1.29 is 14.6 Å². The summed E-state index contributed by atoms with van der Waals surface area (Å²) in [7, 11) is 0. The van der Waals surface area contributed by atoms with E-state index in [-0.39, 0.29) is 11.5 Å². The van der Waals surface area contributed by atoms with Crippen molar-refractivity contribution in [1.82, 2.24) is 5.32 Å². The minimum absolute atomic E-state index is 0.194. The Morgan fingerprint density at radius 1 is 1.26 bits per heavy atom. The maximum absolute atomic E-state index is 9.82. The lowest BCUT2D eigenvalue weighted by atomic mass is 9.71. The van der Waals surface area contributed by atoms with Crippen LogP contribution in [0.15, 0.2) is 36.1 Å². The van der Waals surface area contributed by atoms with Gasteiger partial charge in [0.05, 0.1) is 25.0 Å². The highest BCUT2D eigenvalue weighted by Gasteiger charge is 2.51. The van der Waals surface area contributed by atoms with Crippen LogP contribution in [0.25, 0.3) is 0 Å². The molecular weight excluding hydrogens is 242 g/mol. The fourth-order valence-corrected chi connectivity index (χ4v) is 3.54. The van der Waals surface area contributed by atoms with Gasteiger partial charge in [0.25, 0.3) is 0 Å². The van der Waals surface area contributed by atoms with Crippen molar-refractivity contribution in [3.63, 3.8) is 0 Å². The number of ether oxygens (including phenoxy) is 2. The molecule has 1 saturated heterocycles. The second kappa shape index (κ2) is 4.07. The second-order valence-electron chi connectivity index (χ2n) is 5.51. The predicted molar refractivity (Wildman–Crippen MR) is 69.5 cm³/mol. The number of aliphatic hydroxyl groups excluding tert-OH is 1. The minimum atomic E-state index is -0.393. The van der Waals surface area contributed by atoms with Crippen molar-refractivity contribution >= 4 is 0 Å². The van der Waals surface area contributed by atoms with Crippen LogP contribution in [0.5, 0.6) is 5.75 Å². The van der Waals surface area contributed by atoms with Crippen LogP contribution in [0.1, 0.15) is 18.4 Å². The van der Waals surface area contributed by atoms with E-state index in [1.165, 1.54) is 5.56 Å². The van der Waals surface area contributed by atoms with Crippen LogP contribution in [0.3, 0.4) is 0 Å². The smallest absolute Gasteiger partial charge is 0.132 e. The lowest BCUT2D eigenvalue weighted by Gasteiger charge is -2.44. The van der Waals surface area contributed by atoms with E-state index in [1.54, 1.807) is 0 Å². The molecule has 4 heteroatoms. The largest absolute Gasteiger partial charge is 0.461 e. The van der Waals surface area contributed by atoms with Gasteiger partial charge in [-0.1, -0.05) is 18.2 Å². The molecule has 1 aromatic rings. The first-order valence-corrected chi connectivity index (χ1v) is 6.79. The molecule has 0 amide bonds. The second-order valence-corrected chi connectivity index (χ2v) is 5.51. The molecule has 1 aliphatic carbocycles. The van der Waals surface area contributed by atoms with E-state index in [0.29, 0.717) is 13.3 Å². The van der Waals surface area contributed by atoms with Gasteiger partial charge in [0.15, 0.2) is 0 Å². The standard InChI is InChI=1S/C15H17NO3/c17-10-5-6-12-14(7-10)19-13-4-2-1-3-11(13)15(12)8-18-9-16-15/h1-4,7,10,12,16-17H,5-6,8-9H2. The molecule has 100 valence electrons. The summed E-state index contributed by atoms with van der Waals surface area (Å²) in [5, 5.41) is 13.3. The van der Waals surface area contributed by atoms with Gasteiger partial charge in [-0.05, 0) is 25.0 Å². The summed E-state index contributed by atoms with van der Waals surface area (Å²) in [6, 6.07) is 8.10. The molecule has 3 aliphatic rings. The molecule has 1 spiro atoms. The van der Waals surface area contributed by atoms with Gasteiger partial charge in [-0.3, -0.25) is 5.32 Å². The number of rotatable bonds is 0. The van der Waals surface area contributed by atoms with Crippen LogP contribution in [0.4, 0.5) is 0 Å². The fraction of sp³-hybridized carbons (Fsp3) is 0.467. The third kappa shape index (κ3) is 1.57. The van der Waals surface area contributed by atoms with Gasteiger partial charge in [-0.15, -0.1) is 0 Å². The zero-order valence-electron chi connectivity index (χ0n) is 10.6. The third-order valence-electron chi connectivity index (χ3n) is 4.46. The molecule has 4 rings (SSSR count). The van der Waals surface area contributed by atoms with Crippen LogP contribution in [-0.4, -0.2) is 24.5 Å². The van der Waals surface area contributed by atoms with Crippen LogP contribution in [0, 0.1) is 5.92 Å². The first kappa shape index (κ1) is 11.5. The van der Waals surface area contributed by atoms with Crippen molar-refractivity contribution in [2.24, 2.45) is 5.92 Å². The quantitative estimate of drug-likeness (QED) is 0.741. The third-order valence-corrected chi connectivity index (χ3v) is 4.46. The van der Waals surface area contributed by atoms with Gasteiger partial charge in [-0.2, -0.15) is 0 Å². The summed E-state index contributed by atoms with van der Waals surface area (Å²) in [4.78, 5) is 0. The molecule has 0 aromatic heterocycles. The molecule has 1 fully saturated rings. The monoisotopic (exact) mass is 259 g/mol. The number of fused-ring (bicyclic) bond motifs is 4. The maximum atomic E-state index is 9.82. The summed E-state index contributed by atoms with van der Waals surface area (Å²) < 4.78 is 11.6. The van der Waals surface area contributed by atoms with Crippen molar-refractivity contribution in [2.75, 3.05) is 13.3 Å². The molecule has 1 aromatic carbocycles. The van der Waals surface area contributed by atoms with Gasteiger partial charge in [0.2, 0.25) is 0 Å². The normalized spacial score (nSPS) is 36.4. The van der Waals surface area contributed by atoms with Gasteiger partial charge < -0.3 is 14.6 Å². The highest BCUT2D eigenvalue weighted by atomic mass is 16.5. The van der Waals surface area contributed by atoms with Crippen LogP contribution in [0.2, 0.25) is 0 Å². The molecule has 19 heavy (non-hydrogen) atoms. The highest BCUT2D eigenvalue weighted by Crippen LogP contribution is 2.49.